The van der Waals surface area contributed by atoms with Crippen LogP contribution in [-0.2, 0) is 0 Å². The minimum absolute atomic E-state index is 0. The molecule has 2 aromatic rings. The maximum Gasteiger partial charge on any atom is 0.257 e. The lowest BCUT2D eigenvalue weighted by Gasteiger charge is -2.28. The van der Waals surface area contributed by atoms with Crippen LogP contribution < -0.4 is 5.32 Å². The Balaban J connectivity index is 0.00000225. The van der Waals surface area contributed by atoms with E-state index in [9.17, 15) is 4.79 Å². The summed E-state index contributed by atoms with van der Waals surface area (Å²) in [5.74, 6) is 0.0725. The first-order chi connectivity index (χ1) is 11.6. The van der Waals surface area contributed by atoms with Crippen LogP contribution in [0.5, 0.6) is 0 Å². The molecule has 25 heavy (non-hydrogen) atoms. The quantitative estimate of drug-likeness (QED) is 0.860. The number of aryl methyl sites for hydroxylation is 1. The van der Waals surface area contributed by atoms with Gasteiger partial charge < -0.3 is 10.2 Å². The molecule has 7 heteroatoms. The van der Waals surface area contributed by atoms with Gasteiger partial charge >= 0.3 is 0 Å². The van der Waals surface area contributed by atoms with Gasteiger partial charge in [-0.25, -0.2) is 4.68 Å². The number of carbonyl (C=O) groups excluding carboxylic acids is 1. The van der Waals surface area contributed by atoms with Crippen molar-refractivity contribution in [1.29, 1.82) is 0 Å². The van der Waals surface area contributed by atoms with Crippen molar-refractivity contribution in [1.82, 2.24) is 20.0 Å². The number of nitrogens with one attached hydrogen (secondary N) is 1. The summed E-state index contributed by atoms with van der Waals surface area (Å²) in [6, 6.07) is 7.71. The molecule has 1 saturated heterocycles. The van der Waals surface area contributed by atoms with Gasteiger partial charge in [-0.05, 0) is 50.6 Å². The molecule has 1 aromatic carbocycles. The summed E-state index contributed by atoms with van der Waals surface area (Å²) in [4.78, 5) is 15.1. The van der Waals surface area contributed by atoms with E-state index in [0.717, 1.165) is 43.9 Å². The average molecular weight is 383 g/mol. The summed E-state index contributed by atoms with van der Waals surface area (Å²) >= 11 is 5.94. The number of nitrogens with zero attached hydrogens (tertiary/aromatic N) is 3. The number of halogens is 2. The molecule has 1 unspecified atom stereocenters. The largest absolute Gasteiger partial charge is 0.334 e. The predicted octanol–water partition coefficient (Wildman–Crippen LogP) is 3.47. The van der Waals surface area contributed by atoms with Gasteiger partial charge in [-0.2, -0.15) is 5.10 Å². The standard InChI is InChI=1S/C18H23ClN4O.ClH/c1-3-10-22(16-8-9-20-11-16)18(24)17-12-23(21-13(17)2)15-6-4-14(19)5-7-15;/h4-7,12,16,20H,3,8-11H2,1-2H3;1H. The summed E-state index contributed by atoms with van der Waals surface area (Å²) in [6.07, 6.45) is 3.79. The van der Waals surface area contributed by atoms with Gasteiger partial charge in [-0.15, -0.1) is 12.4 Å². The Kier molecular flexibility index (Phi) is 6.87. The Labute approximate surface area is 159 Å². The fourth-order valence-corrected chi connectivity index (χ4v) is 3.27. The Hall–Kier alpha value is -1.56. The topological polar surface area (TPSA) is 50.2 Å². The smallest absolute Gasteiger partial charge is 0.257 e. The highest BCUT2D eigenvalue weighted by atomic mass is 35.5. The van der Waals surface area contributed by atoms with Crippen LogP contribution in [0.15, 0.2) is 30.5 Å². The van der Waals surface area contributed by atoms with E-state index < -0.39 is 0 Å². The third-order valence-corrected chi connectivity index (χ3v) is 4.67. The zero-order valence-corrected chi connectivity index (χ0v) is 16.1. The molecular weight excluding hydrogens is 359 g/mol. The second-order valence-electron chi connectivity index (χ2n) is 6.19. The number of amides is 1. The van der Waals surface area contributed by atoms with Crippen molar-refractivity contribution in [3.05, 3.63) is 46.7 Å². The van der Waals surface area contributed by atoms with Crippen LogP contribution in [0.1, 0.15) is 35.8 Å². The van der Waals surface area contributed by atoms with E-state index in [2.05, 4.69) is 17.3 Å². The van der Waals surface area contributed by atoms with Crippen LogP contribution in [0.3, 0.4) is 0 Å². The second kappa shape index (κ2) is 8.70. The zero-order chi connectivity index (χ0) is 17.1. The molecule has 1 aromatic heterocycles. The van der Waals surface area contributed by atoms with E-state index in [1.165, 1.54) is 0 Å². The molecule has 0 bridgehead atoms. The van der Waals surface area contributed by atoms with Crippen molar-refractivity contribution in [2.45, 2.75) is 32.7 Å². The summed E-state index contributed by atoms with van der Waals surface area (Å²) in [5, 5.41) is 8.53. The highest BCUT2D eigenvalue weighted by Crippen LogP contribution is 2.19. The number of rotatable bonds is 5. The molecule has 3 rings (SSSR count). The fourth-order valence-electron chi connectivity index (χ4n) is 3.15. The summed E-state index contributed by atoms with van der Waals surface area (Å²) < 4.78 is 1.75. The minimum atomic E-state index is 0. The van der Waals surface area contributed by atoms with Gasteiger partial charge in [0.2, 0.25) is 0 Å². The maximum atomic E-state index is 13.1. The lowest BCUT2D eigenvalue weighted by molar-refractivity contribution is 0.0691. The monoisotopic (exact) mass is 382 g/mol. The molecule has 1 N–H and O–H groups in total. The molecule has 0 aliphatic carbocycles. The van der Waals surface area contributed by atoms with E-state index in [1.54, 1.807) is 4.68 Å². The van der Waals surface area contributed by atoms with E-state index in [1.807, 2.05) is 42.3 Å². The SMILES string of the molecule is CCCN(C(=O)c1cn(-c2ccc(Cl)cc2)nc1C)C1CCNC1.Cl. The van der Waals surface area contributed by atoms with Crippen molar-refractivity contribution >= 4 is 29.9 Å². The highest BCUT2D eigenvalue weighted by Gasteiger charge is 2.28. The van der Waals surface area contributed by atoms with E-state index in [-0.39, 0.29) is 24.4 Å². The van der Waals surface area contributed by atoms with Crippen molar-refractivity contribution < 1.29 is 4.79 Å². The molecule has 1 amide bonds. The molecule has 1 aliphatic rings. The normalized spacial score (nSPS) is 16.5. The number of hydrogen-bond donors (Lipinski definition) is 1. The van der Waals surface area contributed by atoms with Gasteiger partial charge in [0.15, 0.2) is 0 Å². The lowest BCUT2D eigenvalue weighted by atomic mass is 10.1. The summed E-state index contributed by atoms with van der Waals surface area (Å²) in [5.41, 5.74) is 2.32. The van der Waals surface area contributed by atoms with Gasteiger partial charge in [0, 0.05) is 30.4 Å². The Morgan fingerprint density at radius 1 is 1.40 bits per heavy atom. The van der Waals surface area contributed by atoms with Gasteiger partial charge in [-0.1, -0.05) is 18.5 Å². The molecule has 1 aliphatic heterocycles. The van der Waals surface area contributed by atoms with Crippen LogP contribution in [0.4, 0.5) is 0 Å². The van der Waals surface area contributed by atoms with Gasteiger partial charge in [0.1, 0.15) is 0 Å². The third kappa shape index (κ3) is 4.35. The maximum absolute atomic E-state index is 13.1. The van der Waals surface area contributed by atoms with Crippen LogP contribution in [0, 0.1) is 6.92 Å². The zero-order valence-electron chi connectivity index (χ0n) is 14.5. The first-order valence-corrected chi connectivity index (χ1v) is 8.82. The molecule has 0 saturated carbocycles. The number of hydrogen-bond acceptors (Lipinski definition) is 3. The predicted molar refractivity (Wildman–Crippen MR) is 103 cm³/mol. The Morgan fingerprint density at radius 2 is 2.12 bits per heavy atom. The van der Waals surface area contributed by atoms with Gasteiger partial charge in [0.05, 0.1) is 16.9 Å². The molecular formula is C18H24Cl2N4O. The molecule has 1 fully saturated rings. The number of benzene rings is 1. The molecule has 136 valence electrons. The number of aromatic nitrogens is 2. The fraction of sp³-hybridized carbons (Fsp3) is 0.444. The molecule has 1 atom stereocenters. The van der Waals surface area contributed by atoms with Crippen molar-refractivity contribution in [2.24, 2.45) is 0 Å². The van der Waals surface area contributed by atoms with Crippen molar-refractivity contribution in [2.75, 3.05) is 19.6 Å². The molecule has 2 heterocycles. The van der Waals surface area contributed by atoms with Crippen molar-refractivity contribution in [3.63, 3.8) is 0 Å². The van der Waals surface area contributed by atoms with Crippen LogP contribution in [-0.4, -0.2) is 46.3 Å². The summed E-state index contributed by atoms with van der Waals surface area (Å²) in [7, 11) is 0. The van der Waals surface area contributed by atoms with E-state index in [0.29, 0.717) is 10.6 Å². The van der Waals surface area contributed by atoms with Crippen LogP contribution >= 0.6 is 24.0 Å². The van der Waals surface area contributed by atoms with E-state index in [4.69, 9.17) is 11.6 Å². The molecule has 0 radical (unpaired) electrons. The minimum Gasteiger partial charge on any atom is -0.334 e. The molecule has 5 nitrogen and oxygen atoms in total. The first kappa shape index (κ1) is 19.8. The average Bonchev–Trinajstić information content (AvgIpc) is 3.22. The van der Waals surface area contributed by atoms with E-state index >= 15 is 0 Å². The Morgan fingerprint density at radius 3 is 2.72 bits per heavy atom. The van der Waals surface area contributed by atoms with Crippen LogP contribution in [0.25, 0.3) is 5.69 Å². The third-order valence-electron chi connectivity index (χ3n) is 4.42. The second-order valence-corrected chi connectivity index (χ2v) is 6.63. The first-order valence-electron chi connectivity index (χ1n) is 8.44. The van der Waals surface area contributed by atoms with Crippen LogP contribution in [0.2, 0.25) is 5.02 Å². The van der Waals surface area contributed by atoms with Gasteiger partial charge in [-0.3, -0.25) is 4.79 Å². The van der Waals surface area contributed by atoms with Crippen molar-refractivity contribution in [3.8, 4) is 5.69 Å². The Bertz CT molecular complexity index is 708. The lowest BCUT2D eigenvalue weighted by Crippen LogP contribution is -2.42. The number of carbonyl (C=O) groups is 1. The highest BCUT2D eigenvalue weighted by molar-refractivity contribution is 6.30. The summed E-state index contributed by atoms with van der Waals surface area (Å²) in [6.45, 7) is 6.61. The molecule has 0 spiro atoms. The van der Waals surface area contributed by atoms with Gasteiger partial charge in [0.25, 0.3) is 5.91 Å².